The molecule has 2 N–H and O–H groups in total. The Bertz CT molecular complexity index is 508. The summed E-state index contributed by atoms with van der Waals surface area (Å²) in [5.74, 6) is -1.74. The monoisotopic (exact) mass is 285 g/mol. The van der Waals surface area contributed by atoms with Crippen molar-refractivity contribution in [2.45, 2.75) is 26.3 Å². The third-order valence-electron chi connectivity index (χ3n) is 2.53. The van der Waals surface area contributed by atoms with Crippen molar-refractivity contribution in [3.8, 4) is 5.75 Å². The molecular formula is C13H16ClNO4. The lowest BCUT2D eigenvalue weighted by Crippen LogP contribution is -2.48. The minimum Gasteiger partial charge on any atom is -0.508 e. The van der Waals surface area contributed by atoms with E-state index < -0.39 is 24.0 Å². The predicted molar refractivity (Wildman–Crippen MR) is 71.5 cm³/mol. The van der Waals surface area contributed by atoms with E-state index in [-0.39, 0.29) is 16.3 Å². The molecule has 0 aliphatic heterocycles. The third kappa shape index (κ3) is 3.86. The quantitative estimate of drug-likeness (QED) is 0.894. The Balaban J connectivity index is 3.19. The fourth-order valence-electron chi connectivity index (χ4n) is 1.57. The molecule has 0 unspecified atom stereocenters. The third-order valence-corrected chi connectivity index (χ3v) is 2.86. The number of halogens is 1. The molecule has 0 radical (unpaired) electrons. The Kier molecular flexibility index (Phi) is 4.42. The molecule has 1 amide bonds. The van der Waals surface area contributed by atoms with Crippen LogP contribution in [0.25, 0.3) is 0 Å². The number of hydrogen-bond donors (Lipinski definition) is 2. The molecule has 5 nitrogen and oxygen atoms in total. The maximum Gasteiger partial charge on any atom is 0.323 e. The first kappa shape index (κ1) is 15.3. The number of aromatic hydroxyl groups is 1. The van der Waals surface area contributed by atoms with Crippen LogP contribution >= 0.6 is 11.6 Å². The lowest BCUT2D eigenvalue weighted by Gasteiger charge is -2.34. The van der Waals surface area contributed by atoms with Gasteiger partial charge in [-0.25, -0.2) is 0 Å². The highest BCUT2D eigenvalue weighted by atomic mass is 35.5. The summed E-state index contributed by atoms with van der Waals surface area (Å²) >= 11 is 5.92. The van der Waals surface area contributed by atoms with Crippen LogP contribution in [0.2, 0.25) is 5.02 Å². The van der Waals surface area contributed by atoms with Gasteiger partial charge in [-0.05, 0) is 39.0 Å². The highest BCUT2D eigenvalue weighted by Gasteiger charge is 2.30. The van der Waals surface area contributed by atoms with E-state index in [4.69, 9.17) is 16.7 Å². The maximum atomic E-state index is 12.4. The number of benzene rings is 1. The van der Waals surface area contributed by atoms with Gasteiger partial charge < -0.3 is 15.1 Å². The first-order valence-electron chi connectivity index (χ1n) is 5.65. The van der Waals surface area contributed by atoms with E-state index in [0.29, 0.717) is 0 Å². The fourth-order valence-corrected chi connectivity index (χ4v) is 1.77. The van der Waals surface area contributed by atoms with Crippen LogP contribution in [0, 0.1) is 0 Å². The van der Waals surface area contributed by atoms with Crippen molar-refractivity contribution >= 4 is 23.5 Å². The van der Waals surface area contributed by atoms with E-state index in [0.717, 1.165) is 0 Å². The number of aliphatic carboxylic acids is 1. The highest BCUT2D eigenvalue weighted by Crippen LogP contribution is 2.25. The number of carboxylic acid groups (broad SMARTS) is 1. The van der Waals surface area contributed by atoms with Crippen LogP contribution in [-0.2, 0) is 4.79 Å². The van der Waals surface area contributed by atoms with E-state index in [1.807, 2.05) is 0 Å². The van der Waals surface area contributed by atoms with Crippen molar-refractivity contribution in [1.29, 1.82) is 0 Å². The molecule has 1 aromatic carbocycles. The molecule has 0 saturated heterocycles. The second-order valence-electron chi connectivity index (χ2n) is 5.12. The Morgan fingerprint density at radius 1 is 1.32 bits per heavy atom. The number of amides is 1. The van der Waals surface area contributed by atoms with Gasteiger partial charge in [-0.2, -0.15) is 0 Å². The normalized spacial score (nSPS) is 11.2. The number of rotatable bonds is 3. The second kappa shape index (κ2) is 5.48. The first-order valence-corrected chi connectivity index (χ1v) is 6.03. The average molecular weight is 286 g/mol. The molecule has 1 aromatic rings. The molecule has 1 rings (SSSR count). The summed E-state index contributed by atoms with van der Waals surface area (Å²) in [6.45, 7) is 4.74. The molecule has 104 valence electrons. The summed E-state index contributed by atoms with van der Waals surface area (Å²) in [5.41, 5.74) is -0.595. The van der Waals surface area contributed by atoms with Gasteiger partial charge in [-0.3, -0.25) is 9.59 Å². The van der Waals surface area contributed by atoms with Crippen molar-refractivity contribution < 1.29 is 19.8 Å². The summed E-state index contributed by atoms with van der Waals surface area (Å²) in [5, 5.41) is 18.5. The summed E-state index contributed by atoms with van der Waals surface area (Å²) in [4.78, 5) is 24.4. The van der Waals surface area contributed by atoms with E-state index in [9.17, 15) is 14.7 Å². The van der Waals surface area contributed by atoms with Gasteiger partial charge in [0, 0.05) is 5.54 Å². The SMILES string of the molecule is CC(C)(C)N(CC(=O)O)C(=O)c1cc(O)ccc1Cl. The smallest absolute Gasteiger partial charge is 0.323 e. The van der Waals surface area contributed by atoms with Gasteiger partial charge in [0.2, 0.25) is 0 Å². The van der Waals surface area contributed by atoms with E-state index in [1.165, 1.54) is 23.1 Å². The van der Waals surface area contributed by atoms with E-state index in [2.05, 4.69) is 0 Å². The first-order chi connectivity index (χ1) is 8.62. The Hall–Kier alpha value is -1.75. The lowest BCUT2D eigenvalue weighted by atomic mass is 10.0. The molecular weight excluding hydrogens is 270 g/mol. The van der Waals surface area contributed by atoms with Crippen molar-refractivity contribution in [2.24, 2.45) is 0 Å². The largest absolute Gasteiger partial charge is 0.508 e. The molecule has 0 heterocycles. The number of phenolic OH excluding ortho intramolecular Hbond substituents is 1. The minimum absolute atomic E-state index is 0.0813. The van der Waals surface area contributed by atoms with Crippen LogP contribution < -0.4 is 0 Å². The standard InChI is InChI=1S/C13H16ClNO4/c1-13(2,3)15(7-11(17)18)12(19)9-6-8(16)4-5-10(9)14/h4-6,16H,7H2,1-3H3,(H,17,18). The number of carboxylic acids is 1. The minimum atomic E-state index is -1.11. The van der Waals surface area contributed by atoms with Gasteiger partial charge in [0.25, 0.3) is 5.91 Å². The molecule has 0 aromatic heterocycles. The van der Waals surface area contributed by atoms with Gasteiger partial charge in [-0.1, -0.05) is 11.6 Å². The Morgan fingerprint density at radius 2 is 1.89 bits per heavy atom. The van der Waals surface area contributed by atoms with E-state index in [1.54, 1.807) is 20.8 Å². The van der Waals surface area contributed by atoms with Gasteiger partial charge >= 0.3 is 5.97 Å². The van der Waals surface area contributed by atoms with Crippen LogP contribution in [-0.4, -0.2) is 39.1 Å². The van der Waals surface area contributed by atoms with Crippen molar-refractivity contribution in [1.82, 2.24) is 4.90 Å². The predicted octanol–water partition coefficient (Wildman–Crippen LogP) is 2.37. The van der Waals surface area contributed by atoms with E-state index >= 15 is 0 Å². The Morgan fingerprint density at radius 3 is 2.37 bits per heavy atom. The topological polar surface area (TPSA) is 77.8 Å². The number of phenols is 1. The zero-order valence-corrected chi connectivity index (χ0v) is 11.7. The van der Waals surface area contributed by atoms with Gasteiger partial charge in [0.15, 0.2) is 0 Å². The molecule has 0 atom stereocenters. The molecule has 0 spiro atoms. The number of hydrogen-bond acceptors (Lipinski definition) is 3. The Labute approximate surface area is 116 Å². The van der Waals surface area contributed by atoms with Crippen LogP contribution in [0.3, 0.4) is 0 Å². The van der Waals surface area contributed by atoms with Crippen LogP contribution in [0.5, 0.6) is 5.75 Å². The molecule has 0 bridgehead atoms. The molecule has 19 heavy (non-hydrogen) atoms. The zero-order chi connectivity index (χ0) is 14.8. The molecule has 0 aliphatic rings. The van der Waals surface area contributed by atoms with Crippen LogP contribution in [0.1, 0.15) is 31.1 Å². The highest BCUT2D eigenvalue weighted by molar-refractivity contribution is 6.33. The summed E-state index contributed by atoms with van der Waals surface area (Å²) in [6, 6.07) is 3.98. The fraction of sp³-hybridized carbons (Fsp3) is 0.385. The van der Waals surface area contributed by atoms with Crippen molar-refractivity contribution in [3.05, 3.63) is 28.8 Å². The second-order valence-corrected chi connectivity index (χ2v) is 5.53. The number of nitrogens with zero attached hydrogens (tertiary/aromatic N) is 1. The summed E-state index contributed by atoms with van der Waals surface area (Å²) in [7, 11) is 0. The number of carbonyl (C=O) groups is 2. The molecule has 0 aliphatic carbocycles. The average Bonchev–Trinajstić information content (AvgIpc) is 2.26. The van der Waals surface area contributed by atoms with Crippen molar-refractivity contribution in [2.75, 3.05) is 6.54 Å². The molecule has 0 fully saturated rings. The zero-order valence-electron chi connectivity index (χ0n) is 11.0. The maximum absolute atomic E-state index is 12.4. The molecule has 0 saturated carbocycles. The summed E-state index contributed by atoms with van der Waals surface area (Å²) < 4.78 is 0. The van der Waals surface area contributed by atoms with Crippen LogP contribution in [0.4, 0.5) is 0 Å². The summed E-state index contributed by atoms with van der Waals surface area (Å²) in [6.07, 6.45) is 0. The van der Waals surface area contributed by atoms with Gasteiger partial charge in [0.1, 0.15) is 12.3 Å². The molecule has 6 heteroatoms. The number of carbonyl (C=O) groups excluding carboxylic acids is 1. The van der Waals surface area contributed by atoms with Gasteiger partial charge in [-0.15, -0.1) is 0 Å². The lowest BCUT2D eigenvalue weighted by molar-refractivity contribution is -0.138. The van der Waals surface area contributed by atoms with Crippen LogP contribution in [0.15, 0.2) is 18.2 Å². The van der Waals surface area contributed by atoms with Crippen molar-refractivity contribution in [3.63, 3.8) is 0 Å². The van der Waals surface area contributed by atoms with Gasteiger partial charge in [0.05, 0.1) is 10.6 Å².